The minimum Gasteiger partial charge on any atom is -0.321 e. The van der Waals surface area contributed by atoms with E-state index < -0.39 is 0 Å². The Morgan fingerprint density at radius 3 is 2.07 bits per heavy atom. The zero-order valence-electron chi connectivity index (χ0n) is 9.66. The largest absolute Gasteiger partial charge is 0.321 e. The molecule has 84 valence electrons. The zero-order chi connectivity index (χ0) is 10.3. The maximum atomic E-state index is 6.24. The van der Waals surface area contributed by atoms with Crippen LogP contribution in [0, 0.1) is 5.92 Å². The van der Waals surface area contributed by atoms with Crippen LogP contribution >= 0.6 is 12.4 Å². The molecule has 1 fully saturated rings. The summed E-state index contributed by atoms with van der Waals surface area (Å²) < 4.78 is 0. The molecule has 2 rings (SSSR count). The molecule has 2 heteroatoms. The van der Waals surface area contributed by atoms with Gasteiger partial charge in [0.1, 0.15) is 0 Å². The van der Waals surface area contributed by atoms with E-state index in [2.05, 4.69) is 45.0 Å². The third-order valence-electron chi connectivity index (χ3n) is 3.48. The fourth-order valence-corrected chi connectivity index (χ4v) is 2.03. The Bertz CT molecular complexity index is 331. The van der Waals surface area contributed by atoms with E-state index in [0.29, 0.717) is 11.8 Å². The van der Waals surface area contributed by atoms with Crippen LogP contribution in [0.4, 0.5) is 0 Å². The molecule has 0 radical (unpaired) electrons. The molecule has 0 bridgehead atoms. The van der Waals surface area contributed by atoms with Gasteiger partial charge < -0.3 is 5.73 Å². The van der Waals surface area contributed by atoms with Crippen LogP contribution in [-0.2, 0) is 5.54 Å². The highest BCUT2D eigenvalue weighted by Crippen LogP contribution is 2.49. The molecule has 2 N–H and O–H groups in total. The minimum atomic E-state index is -0.0183. The Hall–Kier alpha value is -0.530. The topological polar surface area (TPSA) is 26.0 Å². The van der Waals surface area contributed by atoms with Crippen molar-refractivity contribution in [2.75, 3.05) is 0 Å². The van der Waals surface area contributed by atoms with Crippen molar-refractivity contribution >= 4 is 12.4 Å². The van der Waals surface area contributed by atoms with Crippen LogP contribution in [-0.4, -0.2) is 0 Å². The monoisotopic (exact) mass is 225 g/mol. The lowest BCUT2D eigenvalue weighted by molar-refractivity contribution is 0.664. The fraction of sp³-hybridized carbons (Fsp3) is 0.538. The van der Waals surface area contributed by atoms with E-state index in [1.807, 2.05) is 0 Å². The molecule has 2 atom stereocenters. The van der Waals surface area contributed by atoms with Gasteiger partial charge in [-0.25, -0.2) is 0 Å². The lowest BCUT2D eigenvalue weighted by atomic mass is 9.97. The van der Waals surface area contributed by atoms with Crippen LogP contribution < -0.4 is 5.73 Å². The number of nitrogens with two attached hydrogens (primary N) is 1. The third-order valence-corrected chi connectivity index (χ3v) is 3.48. The molecule has 2 unspecified atom stereocenters. The molecule has 1 aromatic rings. The maximum absolute atomic E-state index is 6.24. The predicted octanol–water partition coefficient (Wildman–Crippen LogP) is 3.43. The Morgan fingerprint density at radius 2 is 1.73 bits per heavy atom. The SMILES string of the molecule is CC(C)c1ccc(C2(N)CC2C)cc1.Cl. The molecule has 15 heavy (non-hydrogen) atoms. The fourth-order valence-electron chi connectivity index (χ4n) is 2.03. The average Bonchev–Trinajstić information content (AvgIpc) is 2.76. The lowest BCUT2D eigenvalue weighted by Gasteiger charge is -2.12. The molecule has 1 aromatic carbocycles. The average molecular weight is 226 g/mol. The molecule has 1 nitrogen and oxygen atoms in total. The summed E-state index contributed by atoms with van der Waals surface area (Å²) in [5.74, 6) is 1.25. The molecular formula is C13H20ClN. The van der Waals surface area contributed by atoms with Crippen molar-refractivity contribution in [1.29, 1.82) is 0 Å². The first kappa shape index (κ1) is 12.5. The van der Waals surface area contributed by atoms with Crippen molar-refractivity contribution in [3.8, 4) is 0 Å². The van der Waals surface area contributed by atoms with Crippen molar-refractivity contribution in [3.05, 3.63) is 35.4 Å². The van der Waals surface area contributed by atoms with Gasteiger partial charge in [-0.1, -0.05) is 45.0 Å². The van der Waals surface area contributed by atoms with Crippen LogP contribution in [0.1, 0.15) is 44.2 Å². The van der Waals surface area contributed by atoms with Crippen LogP contribution in [0.3, 0.4) is 0 Å². The van der Waals surface area contributed by atoms with E-state index in [9.17, 15) is 0 Å². The Morgan fingerprint density at radius 1 is 1.27 bits per heavy atom. The van der Waals surface area contributed by atoms with Crippen molar-refractivity contribution in [2.24, 2.45) is 11.7 Å². The molecule has 0 spiro atoms. The summed E-state index contributed by atoms with van der Waals surface area (Å²) in [5.41, 5.74) is 8.91. The summed E-state index contributed by atoms with van der Waals surface area (Å²) in [6.45, 7) is 6.65. The summed E-state index contributed by atoms with van der Waals surface area (Å²) >= 11 is 0. The Kier molecular flexibility index (Phi) is 3.47. The number of hydrogen-bond acceptors (Lipinski definition) is 1. The van der Waals surface area contributed by atoms with E-state index in [1.54, 1.807) is 0 Å². The van der Waals surface area contributed by atoms with Gasteiger partial charge in [-0.15, -0.1) is 12.4 Å². The number of halogens is 1. The zero-order valence-corrected chi connectivity index (χ0v) is 10.5. The standard InChI is InChI=1S/C13H19N.ClH/c1-9(2)11-4-6-12(7-5-11)13(14)8-10(13)3;/h4-7,9-10H,8,14H2,1-3H3;1H. The molecule has 1 aliphatic carbocycles. The molecular weight excluding hydrogens is 206 g/mol. The second-order valence-corrected chi connectivity index (χ2v) is 4.92. The molecule has 1 saturated carbocycles. The van der Waals surface area contributed by atoms with Gasteiger partial charge in [0.05, 0.1) is 0 Å². The van der Waals surface area contributed by atoms with E-state index in [0.717, 1.165) is 6.42 Å². The first-order chi connectivity index (χ1) is 6.54. The van der Waals surface area contributed by atoms with E-state index in [4.69, 9.17) is 5.73 Å². The summed E-state index contributed by atoms with van der Waals surface area (Å²) in [4.78, 5) is 0. The highest BCUT2D eigenvalue weighted by molar-refractivity contribution is 5.85. The second kappa shape index (κ2) is 4.15. The lowest BCUT2D eigenvalue weighted by Crippen LogP contribution is -2.21. The summed E-state index contributed by atoms with van der Waals surface area (Å²) in [5, 5.41) is 0. The van der Waals surface area contributed by atoms with Crippen LogP contribution in [0.25, 0.3) is 0 Å². The number of benzene rings is 1. The van der Waals surface area contributed by atoms with Crippen molar-refractivity contribution < 1.29 is 0 Å². The molecule has 0 aromatic heterocycles. The highest BCUT2D eigenvalue weighted by atomic mass is 35.5. The molecule has 0 saturated heterocycles. The minimum absolute atomic E-state index is 0. The number of rotatable bonds is 2. The normalized spacial score (nSPS) is 28.7. The van der Waals surface area contributed by atoms with Gasteiger partial charge in [-0.3, -0.25) is 0 Å². The highest BCUT2D eigenvalue weighted by Gasteiger charge is 2.48. The first-order valence-electron chi connectivity index (χ1n) is 5.43. The van der Waals surface area contributed by atoms with Gasteiger partial charge in [0.15, 0.2) is 0 Å². The van der Waals surface area contributed by atoms with Crippen LogP contribution in [0.15, 0.2) is 24.3 Å². The van der Waals surface area contributed by atoms with Crippen molar-refractivity contribution in [1.82, 2.24) is 0 Å². The third kappa shape index (κ3) is 2.19. The summed E-state index contributed by atoms with van der Waals surface area (Å²) in [7, 11) is 0. The van der Waals surface area contributed by atoms with Gasteiger partial charge in [0.2, 0.25) is 0 Å². The van der Waals surface area contributed by atoms with Crippen LogP contribution in [0.2, 0.25) is 0 Å². The summed E-state index contributed by atoms with van der Waals surface area (Å²) in [6, 6.07) is 8.80. The quantitative estimate of drug-likeness (QED) is 0.820. The molecule has 0 heterocycles. The van der Waals surface area contributed by atoms with Gasteiger partial charge in [-0.05, 0) is 29.4 Å². The van der Waals surface area contributed by atoms with E-state index in [1.165, 1.54) is 11.1 Å². The van der Waals surface area contributed by atoms with Crippen molar-refractivity contribution in [3.63, 3.8) is 0 Å². The predicted molar refractivity (Wildman–Crippen MR) is 67.4 cm³/mol. The first-order valence-corrected chi connectivity index (χ1v) is 5.43. The summed E-state index contributed by atoms with van der Waals surface area (Å²) in [6.07, 6.45) is 1.13. The van der Waals surface area contributed by atoms with Gasteiger partial charge in [0.25, 0.3) is 0 Å². The van der Waals surface area contributed by atoms with E-state index in [-0.39, 0.29) is 17.9 Å². The van der Waals surface area contributed by atoms with Crippen LogP contribution in [0.5, 0.6) is 0 Å². The van der Waals surface area contributed by atoms with E-state index >= 15 is 0 Å². The number of hydrogen-bond donors (Lipinski definition) is 1. The van der Waals surface area contributed by atoms with Crippen molar-refractivity contribution in [2.45, 2.75) is 38.6 Å². The van der Waals surface area contributed by atoms with Gasteiger partial charge in [0, 0.05) is 5.54 Å². The Balaban J connectivity index is 0.00000112. The smallest absolute Gasteiger partial charge is 0.0439 e. The molecule has 0 amide bonds. The molecule has 0 aliphatic heterocycles. The second-order valence-electron chi connectivity index (χ2n) is 4.92. The molecule has 1 aliphatic rings. The van der Waals surface area contributed by atoms with Gasteiger partial charge in [-0.2, -0.15) is 0 Å². The van der Waals surface area contributed by atoms with Gasteiger partial charge >= 0.3 is 0 Å². The maximum Gasteiger partial charge on any atom is 0.0439 e. The Labute approximate surface area is 98.5 Å².